The van der Waals surface area contributed by atoms with Gasteiger partial charge in [-0.05, 0) is 30.0 Å². The monoisotopic (exact) mass is 389 g/mol. The Labute approximate surface area is 138 Å². The molecule has 2 aromatic rings. The van der Waals surface area contributed by atoms with Crippen LogP contribution in [-0.2, 0) is 4.79 Å². The number of amides is 1. The van der Waals surface area contributed by atoms with Crippen molar-refractivity contribution in [1.29, 1.82) is 0 Å². The Morgan fingerprint density at radius 2 is 2.05 bits per heavy atom. The maximum atomic E-state index is 11.8. The lowest BCUT2D eigenvalue weighted by Crippen LogP contribution is -2.13. The summed E-state index contributed by atoms with van der Waals surface area (Å²) < 4.78 is 1.91. The molecule has 4 nitrogen and oxygen atoms in total. The number of nitrogens with one attached hydrogen (secondary N) is 1. The van der Waals surface area contributed by atoms with Crippen molar-refractivity contribution >= 4 is 61.8 Å². The van der Waals surface area contributed by atoms with E-state index in [0.717, 1.165) is 19.5 Å². The van der Waals surface area contributed by atoms with Crippen LogP contribution in [0.4, 0.5) is 5.13 Å². The van der Waals surface area contributed by atoms with E-state index in [0.29, 0.717) is 10.9 Å². The first-order chi connectivity index (χ1) is 9.67. The van der Waals surface area contributed by atoms with Gasteiger partial charge in [-0.25, -0.2) is 0 Å². The van der Waals surface area contributed by atoms with Crippen LogP contribution in [0.1, 0.15) is 6.92 Å². The van der Waals surface area contributed by atoms with Crippen LogP contribution in [0, 0.1) is 0 Å². The van der Waals surface area contributed by atoms with Gasteiger partial charge in [-0.1, -0.05) is 46.0 Å². The highest BCUT2D eigenvalue weighted by Gasteiger charge is 2.08. The van der Waals surface area contributed by atoms with Crippen LogP contribution >= 0.6 is 50.8 Å². The van der Waals surface area contributed by atoms with Crippen LogP contribution < -0.4 is 5.32 Å². The Bertz CT molecular complexity index is 574. The molecule has 106 valence electrons. The molecule has 0 atom stereocenters. The second-order valence-corrected chi connectivity index (χ2v) is 8.05. The molecular formula is C12H12BrN3OS3. The summed E-state index contributed by atoms with van der Waals surface area (Å²) in [4.78, 5) is 12.9. The molecule has 8 heteroatoms. The molecule has 0 unspecified atom stereocenters. The van der Waals surface area contributed by atoms with Gasteiger partial charge in [0.1, 0.15) is 0 Å². The normalized spacial score (nSPS) is 10.5. The van der Waals surface area contributed by atoms with Crippen molar-refractivity contribution in [3.05, 3.63) is 28.7 Å². The quantitative estimate of drug-likeness (QED) is 0.593. The minimum atomic E-state index is -0.0675. The van der Waals surface area contributed by atoms with Crippen molar-refractivity contribution in [3.63, 3.8) is 0 Å². The van der Waals surface area contributed by atoms with Crippen LogP contribution in [0.3, 0.4) is 0 Å². The van der Waals surface area contributed by atoms with Gasteiger partial charge in [0.25, 0.3) is 0 Å². The average Bonchev–Trinajstić information content (AvgIpc) is 2.86. The number of rotatable bonds is 6. The summed E-state index contributed by atoms with van der Waals surface area (Å²) >= 11 is 7.89. The molecular weight excluding hydrogens is 378 g/mol. The summed E-state index contributed by atoms with van der Waals surface area (Å²) in [6.07, 6.45) is 0. The molecule has 0 aliphatic rings. The van der Waals surface area contributed by atoms with Crippen molar-refractivity contribution in [1.82, 2.24) is 10.2 Å². The molecule has 0 spiro atoms. The van der Waals surface area contributed by atoms with Crippen LogP contribution in [-0.4, -0.2) is 27.6 Å². The van der Waals surface area contributed by atoms with Gasteiger partial charge < -0.3 is 0 Å². The van der Waals surface area contributed by atoms with Gasteiger partial charge in [-0.15, -0.1) is 22.0 Å². The molecule has 1 amide bonds. The predicted octanol–water partition coefficient (Wildman–Crippen LogP) is 4.14. The highest BCUT2D eigenvalue weighted by atomic mass is 79.9. The Morgan fingerprint density at radius 3 is 2.75 bits per heavy atom. The van der Waals surface area contributed by atoms with Gasteiger partial charge in [-0.3, -0.25) is 10.1 Å². The summed E-state index contributed by atoms with van der Waals surface area (Å²) in [5.41, 5.74) is 0. The minimum Gasteiger partial charge on any atom is -0.300 e. The molecule has 1 aromatic heterocycles. The Balaban J connectivity index is 1.81. The van der Waals surface area contributed by atoms with Crippen LogP contribution in [0.15, 0.2) is 38.0 Å². The zero-order valence-electron chi connectivity index (χ0n) is 10.6. The van der Waals surface area contributed by atoms with Crippen LogP contribution in [0.5, 0.6) is 0 Å². The van der Waals surface area contributed by atoms with Gasteiger partial charge in [0.2, 0.25) is 11.0 Å². The van der Waals surface area contributed by atoms with Crippen molar-refractivity contribution in [3.8, 4) is 0 Å². The first-order valence-electron chi connectivity index (χ1n) is 5.82. The average molecular weight is 390 g/mol. The van der Waals surface area contributed by atoms with E-state index in [4.69, 9.17) is 0 Å². The summed E-state index contributed by atoms with van der Waals surface area (Å²) in [6.45, 7) is 2.05. The maximum absolute atomic E-state index is 11.8. The SMILES string of the molecule is CCSc1nnc(NC(=O)CSc2ccc(Br)cc2)s1. The van der Waals surface area contributed by atoms with Crippen molar-refractivity contribution in [2.75, 3.05) is 16.8 Å². The largest absolute Gasteiger partial charge is 0.300 e. The highest BCUT2D eigenvalue weighted by Crippen LogP contribution is 2.25. The summed E-state index contributed by atoms with van der Waals surface area (Å²) in [5.74, 6) is 1.24. The van der Waals surface area contributed by atoms with Gasteiger partial charge in [-0.2, -0.15) is 0 Å². The number of carbonyl (C=O) groups is 1. The highest BCUT2D eigenvalue weighted by molar-refractivity contribution is 9.10. The number of carbonyl (C=O) groups excluding carboxylic acids is 1. The maximum Gasteiger partial charge on any atom is 0.236 e. The number of benzene rings is 1. The number of hydrogen-bond acceptors (Lipinski definition) is 6. The molecule has 1 aromatic carbocycles. The molecule has 0 aliphatic heterocycles. The Morgan fingerprint density at radius 1 is 1.30 bits per heavy atom. The third-order valence-electron chi connectivity index (χ3n) is 2.10. The van der Waals surface area contributed by atoms with E-state index in [2.05, 4.69) is 38.4 Å². The Hall–Kier alpha value is -0.570. The van der Waals surface area contributed by atoms with Crippen molar-refractivity contribution in [2.45, 2.75) is 16.2 Å². The van der Waals surface area contributed by atoms with E-state index in [-0.39, 0.29) is 5.91 Å². The molecule has 2 rings (SSSR count). The summed E-state index contributed by atoms with van der Waals surface area (Å²) in [6, 6.07) is 7.87. The van der Waals surface area contributed by atoms with E-state index >= 15 is 0 Å². The molecule has 0 saturated carbocycles. The standard InChI is InChI=1S/C12H12BrN3OS3/c1-2-18-12-16-15-11(20-12)14-10(17)7-19-9-5-3-8(13)4-6-9/h3-6H,2,7H2,1H3,(H,14,15,17). The predicted molar refractivity (Wildman–Crippen MR) is 89.8 cm³/mol. The van der Waals surface area contributed by atoms with Gasteiger partial charge in [0.15, 0.2) is 4.34 Å². The lowest BCUT2D eigenvalue weighted by atomic mass is 10.4. The topological polar surface area (TPSA) is 54.9 Å². The second kappa shape index (κ2) is 8.02. The molecule has 0 bridgehead atoms. The third kappa shape index (κ3) is 5.08. The van der Waals surface area contributed by atoms with Crippen LogP contribution in [0.2, 0.25) is 0 Å². The van der Waals surface area contributed by atoms with Crippen molar-refractivity contribution in [2.24, 2.45) is 0 Å². The number of halogens is 1. The first kappa shape index (κ1) is 15.8. The fourth-order valence-corrected chi connectivity index (χ4v) is 3.91. The van der Waals surface area contributed by atoms with E-state index in [1.54, 1.807) is 11.8 Å². The fraction of sp³-hybridized carbons (Fsp3) is 0.250. The number of nitrogens with zero attached hydrogens (tertiary/aromatic N) is 2. The molecule has 0 fully saturated rings. The minimum absolute atomic E-state index is 0.0675. The molecule has 1 N–H and O–H groups in total. The summed E-state index contributed by atoms with van der Waals surface area (Å²) in [5, 5.41) is 11.3. The zero-order valence-corrected chi connectivity index (χ0v) is 14.7. The van der Waals surface area contributed by atoms with E-state index in [9.17, 15) is 4.79 Å². The number of aromatic nitrogens is 2. The van der Waals surface area contributed by atoms with E-state index in [1.807, 2.05) is 24.3 Å². The molecule has 0 saturated heterocycles. The number of thioether (sulfide) groups is 2. The van der Waals surface area contributed by atoms with Gasteiger partial charge in [0, 0.05) is 9.37 Å². The summed E-state index contributed by atoms with van der Waals surface area (Å²) in [7, 11) is 0. The van der Waals surface area contributed by atoms with Gasteiger partial charge >= 0.3 is 0 Å². The molecule has 1 heterocycles. The molecule has 0 radical (unpaired) electrons. The van der Waals surface area contributed by atoms with Crippen molar-refractivity contribution < 1.29 is 4.79 Å². The molecule has 0 aliphatic carbocycles. The molecule has 20 heavy (non-hydrogen) atoms. The van der Waals surface area contributed by atoms with Crippen LogP contribution in [0.25, 0.3) is 0 Å². The third-order valence-corrected chi connectivity index (χ3v) is 5.50. The number of anilines is 1. The second-order valence-electron chi connectivity index (χ2n) is 3.60. The first-order valence-corrected chi connectivity index (χ1v) is 9.40. The lowest BCUT2D eigenvalue weighted by Gasteiger charge is -2.01. The fourth-order valence-electron chi connectivity index (χ4n) is 1.28. The smallest absolute Gasteiger partial charge is 0.236 e. The zero-order chi connectivity index (χ0) is 14.4. The van der Waals surface area contributed by atoms with E-state index < -0.39 is 0 Å². The number of hydrogen-bond donors (Lipinski definition) is 1. The lowest BCUT2D eigenvalue weighted by molar-refractivity contribution is -0.113. The Kier molecular flexibility index (Phi) is 6.34. The van der Waals surface area contributed by atoms with Gasteiger partial charge in [0.05, 0.1) is 5.75 Å². The van der Waals surface area contributed by atoms with E-state index in [1.165, 1.54) is 23.1 Å².